The van der Waals surface area contributed by atoms with E-state index in [1.165, 1.54) is 12.2 Å². The molecule has 1 rings (SSSR count). The first-order chi connectivity index (χ1) is 9.59. The monoisotopic (exact) mass is 429 g/mol. The number of halogens is 1. The van der Waals surface area contributed by atoms with E-state index in [4.69, 9.17) is 9.73 Å². The van der Waals surface area contributed by atoms with Crippen LogP contribution in [0, 0.1) is 0 Å². The van der Waals surface area contributed by atoms with E-state index in [1.807, 2.05) is 0 Å². The summed E-state index contributed by atoms with van der Waals surface area (Å²) >= 11 is 2.06. The van der Waals surface area contributed by atoms with E-state index in [-0.39, 0.29) is 24.0 Å². The number of nitrogens with one attached hydrogen (secondary N) is 1. The summed E-state index contributed by atoms with van der Waals surface area (Å²) in [4.78, 5) is 7.19. The van der Waals surface area contributed by atoms with Crippen molar-refractivity contribution in [1.82, 2.24) is 10.2 Å². The molecule has 1 heterocycles. The van der Waals surface area contributed by atoms with Crippen LogP contribution in [0.5, 0.6) is 0 Å². The van der Waals surface area contributed by atoms with E-state index < -0.39 is 0 Å². The number of hydrogen-bond acceptors (Lipinski definition) is 3. The predicted octanol–water partition coefficient (Wildman–Crippen LogP) is 3.21. The van der Waals surface area contributed by atoms with Crippen LogP contribution in [0.25, 0.3) is 0 Å². The van der Waals surface area contributed by atoms with Gasteiger partial charge in [0.05, 0.1) is 0 Å². The number of thioether (sulfide) groups is 1. The second-order valence-corrected chi connectivity index (χ2v) is 7.62. The average Bonchev–Trinajstić information content (AvgIpc) is 2.40. The van der Waals surface area contributed by atoms with Crippen LogP contribution in [0.4, 0.5) is 0 Å². The Hall–Kier alpha value is 0.310. The van der Waals surface area contributed by atoms with Crippen molar-refractivity contribution in [1.29, 1.82) is 0 Å². The van der Waals surface area contributed by atoms with Gasteiger partial charge in [0.1, 0.15) is 0 Å². The lowest BCUT2D eigenvalue weighted by molar-refractivity contribution is 0.192. The third kappa shape index (κ3) is 9.13. The third-order valence-corrected chi connectivity index (χ3v) is 4.63. The molecule has 0 amide bonds. The fraction of sp³-hybridized carbons (Fsp3) is 0.933. The Balaban J connectivity index is 0.00000400. The normalized spacial score (nSPS) is 18.3. The van der Waals surface area contributed by atoms with Gasteiger partial charge in [-0.05, 0) is 40.0 Å². The quantitative estimate of drug-likeness (QED) is 0.292. The molecule has 0 saturated carbocycles. The molecule has 21 heavy (non-hydrogen) atoms. The SMILES string of the molecule is CCNC(=NCCCCCOC)N1CCSC(C)(C)C1.I. The number of guanidine groups is 1. The summed E-state index contributed by atoms with van der Waals surface area (Å²) in [7, 11) is 1.76. The lowest BCUT2D eigenvalue weighted by Gasteiger charge is -2.39. The van der Waals surface area contributed by atoms with E-state index in [1.54, 1.807) is 7.11 Å². The predicted molar refractivity (Wildman–Crippen MR) is 105 cm³/mol. The Morgan fingerprint density at radius 1 is 1.33 bits per heavy atom. The average molecular weight is 429 g/mol. The highest BCUT2D eigenvalue weighted by Crippen LogP contribution is 2.29. The molecule has 0 spiro atoms. The van der Waals surface area contributed by atoms with E-state index in [2.05, 4.69) is 42.7 Å². The van der Waals surface area contributed by atoms with Gasteiger partial charge in [-0.25, -0.2) is 0 Å². The zero-order chi connectivity index (χ0) is 14.8. The molecule has 0 radical (unpaired) electrons. The maximum Gasteiger partial charge on any atom is 0.193 e. The van der Waals surface area contributed by atoms with Crippen LogP contribution < -0.4 is 5.32 Å². The Morgan fingerprint density at radius 3 is 2.71 bits per heavy atom. The molecule has 6 heteroatoms. The number of rotatable bonds is 7. The second-order valence-electron chi connectivity index (χ2n) is 5.82. The summed E-state index contributed by atoms with van der Waals surface area (Å²) in [5, 5.41) is 3.43. The van der Waals surface area contributed by atoms with Crippen molar-refractivity contribution in [2.24, 2.45) is 4.99 Å². The lowest BCUT2D eigenvalue weighted by atomic mass is 10.2. The zero-order valence-electron chi connectivity index (χ0n) is 14.0. The lowest BCUT2D eigenvalue weighted by Crippen LogP contribution is -2.51. The van der Waals surface area contributed by atoms with Gasteiger partial charge in [0.25, 0.3) is 0 Å². The van der Waals surface area contributed by atoms with Crippen LogP contribution in [0.1, 0.15) is 40.0 Å². The summed E-state index contributed by atoms with van der Waals surface area (Å²) in [5.74, 6) is 2.28. The van der Waals surface area contributed by atoms with Gasteiger partial charge in [0.15, 0.2) is 5.96 Å². The molecule has 0 aromatic carbocycles. The van der Waals surface area contributed by atoms with Crippen molar-refractivity contribution < 1.29 is 4.74 Å². The molecule has 1 fully saturated rings. The minimum atomic E-state index is 0. The highest BCUT2D eigenvalue weighted by molar-refractivity contribution is 14.0. The van der Waals surface area contributed by atoms with Crippen molar-refractivity contribution >= 4 is 41.7 Å². The Kier molecular flexibility index (Phi) is 12.0. The molecular weight excluding hydrogens is 397 g/mol. The van der Waals surface area contributed by atoms with Crippen LogP contribution in [-0.4, -0.2) is 61.3 Å². The van der Waals surface area contributed by atoms with Crippen molar-refractivity contribution in [3.05, 3.63) is 0 Å². The van der Waals surface area contributed by atoms with E-state index in [0.717, 1.165) is 51.6 Å². The van der Waals surface area contributed by atoms with Gasteiger partial charge in [-0.2, -0.15) is 11.8 Å². The van der Waals surface area contributed by atoms with Crippen molar-refractivity contribution in [3.8, 4) is 0 Å². The summed E-state index contributed by atoms with van der Waals surface area (Å²) in [6, 6.07) is 0. The van der Waals surface area contributed by atoms with Gasteiger partial charge in [-0.1, -0.05) is 0 Å². The van der Waals surface area contributed by atoms with E-state index in [9.17, 15) is 0 Å². The number of methoxy groups -OCH3 is 1. The van der Waals surface area contributed by atoms with Gasteiger partial charge in [-0.15, -0.1) is 24.0 Å². The third-order valence-electron chi connectivity index (χ3n) is 3.33. The summed E-state index contributed by atoms with van der Waals surface area (Å²) < 4.78 is 5.39. The van der Waals surface area contributed by atoms with Gasteiger partial charge in [-0.3, -0.25) is 4.99 Å². The van der Waals surface area contributed by atoms with Gasteiger partial charge < -0.3 is 15.0 Å². The molecule has 0 aromatic heterocycles. The molecular formula is C15H32IN3OS. The fourth-order valence-corrected chi connectivity index (χ4v) is 3.45. The molecule has 0 atom stereocenters. The first-order valence-electron chi connectivity index (χ1n) is 7.75. The van der Waals surface area contributed by atoms with Crippen molar-refractivity contribution in [3.63, 3.8) is 0 Å². The molecule has 1 N–H and O–H groups in total. The molecule has 1 aliphatic heterocycles. The fourth-order valence-electron chi connectivity index (χ4n) is 2.34. The summed E-state index contributed by atoms with van der Waals surface area (Å²) in [6.07, 6.45) is 3.47. The molecule has 0 unspecified atom stereocenters. The molecule has 126 valence electrons. The highest BCUT2D eigenvalue weighted by atomic mass is 127. The summed E-state index contributed by atoms with van der Waals surface area (Å²) in [5.41, 5.74) is 0. The number of unbranched alkanes of at least 4 members (excludes halogenated alkanes) is 2. The van der Waals surface area contributed by atoms with E-state index >= 15 is 0 Å². The largest absolute Gasteiger partial charge is 0.385 e. The van der Waals surface area contributed by atoms with Gasteiger partial charge >= 0.3 is 0 Å². The topological polar surface area (TPSA) is 36.9 Å². The minimum Gasteiger partial charge on any atom is -0.385 e. The Bertz CT molecular complexity index is 301. The van der Waals surface area contributed by atoms with Crippen LogP contribution in [0.15, 0.2) is 4.99 Å². The first-order valence-corrected chi connectivity index (χ1v) is 8.74. The van der Waals surface area contributed by atoms with Crippen LogP contribution in [0.2, 0.25) is 0 Å². The minimum absolute atomic E-state index is 0. The molecule has 0 aliphatic carbocycles. The second kappa shape index (κ2) is 11.8. The maximum absolute atomic E-state index is 5.07. The molecule has 1 aliphatic rings. The molecule has 4 nitrogen and oxygen atoms in total. The standard InChI is InChI=1S/C15H31N3OS.HI/c1-5-16-14(17-9-7-6-8-11-19-4)18-10-12-20-15(2,3)13-18;/h5-13H2,1-4H3,(H,16,17);1H. The smallest absolute Gasteiger partial charge is 0.193 e. The maximum atomic E-state index is 5.07. The van der Waals surface area contributed by atoms with Gasteiger partial charge in [0.2, 0.25) is 0 Å². The molecule has 0 bridgehead atoms. The number of aliphatic imine (C=N–C) groups is 1. The van der Waals surface area contributed by atoms with E-state index in [0.29, 0.717) is 4.75 Å². The zero-order valence-corrected chi connectivity index (χ0v) is 17.1. The molecule has 1 saturated heterocycles. The molecule has 0 aromatic rings. The van der Waals surface area contributed by atoms with Crippen LogP contribution in [-0.2, 0) is 4.74 Å². The number of ether oxygens (including phenoxy) is 1. The van der Waals surface area contributed by atoms with Crippen molar-refractivity contribution in [2.45, 2.75) is 44.8 Å². The van der Waals surface area contributed by atoms with Crippen LogP contribution >= 0.6 is 35.7 Å². The highest BCUT2D eigenvalue weighted by Gasteiger charge is 2.28. The van der Waals surface area contributed by atoms with Crippen molar-refractivity contribution in [2.75, 3.05) is 45.6 Å². The number of hydrogen-bond donors (Lipinski definition) is 1. The first kappa shape index (κ1) is 21.3. The number of nitrogens with zero attached hydrogens (tertiary/aromatic N) is 2. The Morgan fingerprint density at radius 2 is 2.10 bits per heavy atom. The van der Waals surface area contributed by atoms with Gasteiger partial charge in [0, 0.05) is 50.4 Å². The Labute approximate surface area is 151 Å². The van der Waals surface area contributed by atoms with Crippen LogP contribution in [0.3, 0.4) is 0 Å². The summed E-state index contributed by atoms with van der Waals surface area (Å²) in [6.45, 7) is 11.7.